The first-order valence-electron chi connectivity index (χ1n) is 10.1. The van der Waals surface area contributed by atoms with Crippen molar-refractivity contribution in [3.8, 4) is 0 Å². The number of nitro groups is 1. The monoisotopic (exact) mass is 447 g/mol. The SMILES string of the molecule is CCC(NC(=O)CCCN(c1cccc([N+](=O)[O-])c1)S(C)(=O)=O)c1ccc(C)cc1C. The molecule has 0 spiro atoms. The minimum Gasteiger partial charge on any atom is -0.349 e. The normalized spacial score (nSPS) is 12.3. The topological polar surface area (TPSA) is 110 Å². The highest BCUT2D eigenvalue weighted by Crippen LogP contribution is 2.24. The van der Waals surface area contributed by atoms with Crippen LogP contribution in [0.5, 0.6) is 0 Å². The molecule has 0 saturated carbocycles. The van der Waals surface area contributed by atoms with Gasteiger partial charge in [-0.3, -0.25) is 19.2 Å². The van der Waals surface area contributed by atoms with Crippen molar-refractivity contribution in [1.82, 2.24) is 5.32 Å². The van der Waals surface area contributed by atoms with E-state index in [1.807, 2.05) is 32.9 Å². The predicted octanol–water partition coefficient (Wildman–Crippen LogP) is 4.03. The first-order chi connectivity index (χ1) is 14.5. The van der Waals surface area contributed by atoms with Gasteiger partial charge < -0.3 is 5.32 Å². The Morgan fingerprint density at radius 1 is 1.19 bits per heavy atom. The Bertz CT molecular complexity index is 1050. The van der Waals surface area contributed by atoms with Crippen molar-refractivity contribution >= 4 is 27.3 Å². The van der Waals surface area contributed by atoms with Crippen LogP contribution in [0.25, 0.3) is 0 Å². The zero-order valence-electron chi connectivity index (χ0n) is 18.3. The molecule has 9 heteroatoms. The molecular formula is C22H29N3O5S. The number of aryl methyl sites for hydroxylation is 2. The van der Waals surface area contributed by atoms with Gasteiger partial charge in [-0.2, -0.15) is 0 Å². The maximum Gasteiger partial charge on any atom is 0.271 e. The molecule has 168 valence electrons. The van der Waals surface area contributed by atoms with Crippen LogP contribution >= 0.6 is 0 Å². The highest BCUT2D eigenvalue weighted by atomic mass is 32.2. The van der Waals surface area contributed by atoms with Crippen molar-refractivity contribution in [2.45, 2.75) is 46.1 Å². The lowest BCUT2D eigenvalue weighted by atomic mass is 9.97. The van der Waals surface area contributed by atoms with Crippen LogP contribution in [-0.2, 0) is 14.8 Å². The van der Waals surface area contributed by atoms with Crippen molar-refractivity contribution in [3.05, 3.63) is 69.3 Å². The van der Waals surface area contributed by atoms with E-state index in [1.54, 1.807) is 0 Å². The van der Waals surface area contributed by atoms with Crippen LogP contribution in [0.2, 0.25) is 0 Å². The van der Waals surface area contributed by atoms with Crippen LogP contribution in [0.1, 0.15) is 48.9 Å². The van der Waals surface area contributed by atoms with Gasteiger partial charge in [-0.1, -0.05) is 36.8 Å². The fourth-order valence-electron chi connectivity index (χ4n) is 3.51. The van der Waals surface area contributed by atoms with E-state index in [9.17, 15) is 23.3 Å². The maximum atomic E-state index is 12.5. The van der Waals surface area contributed by atoms with Crippen molar-refractivity contribution in [2.24, 2.45) is 0 Å². The van der Waals surface area contributed by atoms with Crippen molar-refractivity contribution < 1.29 is 18.1 Å². The van der Waals surface area contributed by atoms with Gasteiger partial charge >= 0.3 is 0 Å². The van der Waals surface area contributed by atoms with Crippen molar-refractivity contribution in [3.63, 3.8) is 0 Å². The van der Waals surface area contributed by atoms with Crippen LogP contribution in [0.4, 0.5) is 11.4 Å². The second kappa shape index (κ2) is 10.4. The standard InChI is InChI=1S/C22H29N3O5S/c1-5-21(20-12-11-16(2)14-17(20)3)23-22(26)10-7-13-24(31(4,29)30)18-8-6-9-19(15-18)25(27)28/h6,8-9,11-12,14-15,21H,5,7,10,13H2,1-4H3,(H,23,26). The fourth-order valence-corrected chi connectivity index (χ4v) is 4.47. The van der Waals surface area contributed by atoms with Gasteiger partial charge in [0.15, 0.2) is 0 Å². The number of hydrogen-bond acceptors (Lipinski definition) is 5. The second-order valence-corrected chi connectivity index (χ2v) is 9.51. The first kappa shape index (κ1) is 24.3. The Kier molecular flexibility index (Phi) is 8.15. The molecule has 0 aliphatic rings. The van der Waals surface area contributed by atoms with E-state index in [4.69, 9.17) is 0 Å². The Morgan fingerprint density at radius 3 is 2.48 bits per heavy atom. The van der Waals surface area contributed by atoms with E-state index in [0.717, 1.165) is 33.7 Å². The number of carbonyl (C=O) groups excluding carboxylic acids is 1. The molecule has 1 N–H and O–H groups in total. The van der Waals surface area contributed by atoms with Gasteiger partial charge in [0.25, 0.3) is 5.69 Å². The molecule has 0 heterocycles. The Balaban J connectivity index is 2.04. The summed E-state index contributed by atoms with van der Waals surface area (Å²) in [6.07, 6.45) is 2.20. The van der Waals surface area contributed by atoms with E-state index in [1.165, 1.54) is 24.3 Å². The van der Waals surface area contributed by atoms with E-state index >= 15 is 0 Å². The number of benzene rings is 2. The van der Waals surface area contributed by atoms with E-state index in [2.05, 4.69) is 11.4 Å². The molecular weight excluding hydrogens is 418 g/mol. The summed E-state index contributed by atoms with van der Waals surface area (Å²) in [6.45, 7) is 6.08. The number of carbonyl (C=O) groups is 1. The van der Waals surface area contributed by atoms with E-state index in [0.29, 0.717) is 0 Å². The molecule has 2 aromatic rings. The van der Waals surface area contributed by atoms with Crippen LogP contribution in [0.3, 0.4) is 0 Å². The summed E-state index contributed by atoms with van der Waals surface area (Å²) in [4.78, 5) is 22.9. The van der Waals surface area contributed by atoms with Gasteiger partial charge in [0, 0.05) is 25.1 Å². The maximum absolute atomic E-state index is 12.5. The van der Waals surface area contributed by atoms with Crippen molar-refractivity contribution in [2.75, 3.05) is 17.1 Å². The Labute approximate surface area is 183 Å². The van der Waals surface area contributed by atoms with Gasteiger partial charge in [-0.05, 0) is 43.9 Å². The molecule has 0 aliphatic heterocycles. The van der Waals surface area contributed by atoms with Crippen LogP contribution in [-0.4, -0.2) is 32.0 Å². The molecule has 8 nitrogen and oxygen atoms in total. The zero-order valence-corrected chi connectivity index (χ0v) is 19.1. The summed E-state index contributed by atoms with van der Waals surface area (Å²) in [5, 5.41) is 14.0. The molecule has 2 rings (SSSR count). The summed E-state index contributed by atoms with van der Waals surface area (Å²) >= 11 is 0. The quantitative estimate of drug-likeness (QED) is 0.437. The fraction of sp³-hybridized carbons (Fsp3) is 0.409. The second-order valence-electron chi connectivity index (χ2n) is 7.60. The van der Waals surface area contributed by atoms with Crippen molar-refractivity contribution in [1.29, 1.82) is 0 Å². The summed E-state index contributed by atoms with van der Waals surface area (Å²) in [5.74, 6) is -0.167. The molecule has 1 unspecified atom stereocenters. The number of nitrogens with one attached hydrogen (secondary N) is 1. The molecule has 0 radical (unpaired) electrons. The molecule has 0 aromatic heterocycles. The minimum absolute atomic E-state index is 0.0494. The third-order valence-electron chi connectivity index (χ3n) is 5.04. The van der Waals surface area contributed by atoms with Crippen LogP contribution < -0.4 is 9.62 Å². The average molecular weight is 448 g/mol. The third-order valence-corrected chi connectivity index (χ3v) is 6.23. The Morgan fingerprint density at radius 2 is 1.90 bits per heavy atom. The van der Waals surface area contributed by atoms with E-state index < -0.39 is 14.9 Å². The Hall–Kier alpha value is -2.94. The van der Waals surface area contributed by atoms with Gasteiger partial charge in [0.05, 0.1) is 22.9 Å². The van der Waals surface area contributed by atoms with Crippen LogP contribution in [0, 0.1) is 24.0 Å². The highest BCUT2D eigenvalue weighted by molar-refractivity contribution is 7.92. The molecule has 1 atom stereocenters. The smallest absolute Gasteiger partial charge is 0.271 e. The first-order valence-corrected chi connectivity index (χ1v) is 12.0. The third kappa shape index (κ3) is 6.78. The predicted molar refractivity (Wildman–Crippen MR) is 122 cm³/mol. The van der Waals surface area contributed by atoms with Gasteiger partial charge in [-0.25, -0.2) is 8.42 Å². The number of nitrogens with zero attached hydrogens (tertiary/aromatic N) is 2. The average Bonchev–Trinajstić information content (AvgIpc) is 2.69. The minimum atomic E-state index is -3.66. The van der Waals surface area contributed by atoms with Gasteiger partial charge in [0.1, 0.15) is 0 Å². The molecule has 0 aliphatic carbocycles. The molecule has 0 fully saturated rings. The van der Waals surface area contributed by atoms with E-state index in [-0.39, 0.29) is 42.7 Å². The molecule has 31 heavy (non-hydrogen) atoms. The zero-order chi connectivity index (χ0) is 23.2. The number of nitro benzene ring substituents is 1. The number of amides is 1. The lowest BCUT2D eigenvalue weighted by Crippen LogP contribution is -2.33. The number of non-ortho nitro benzene ring substituents is 1. The lowest BCUT2D eigenvalue weighted by Gasteiger charge is -2.23. The molecule has 2 aromatic carbocycles. The number of sulfonamides is 1. The lowest BCUT2D eigenvalue weighted by molar-refractivity contribution is -0.384. The summed E-state index contributed by atoms with van der Waals surface area (Å²) in [6, 6.07) is 11.5. The number of anilines is 1. The van der Waals surface area contributed by atoms with Crippen LogP contribution in [0.15, 0.2) is 42.5 Å². The largest absolute Gasteiger partial charge is 0.349 e. The van der Waals surface area contributed by atoms with Gasteiger partial charge in [-0.15, -0.1) is 0 Å². The summed E-state index contributed by atoms with van der Waals surface area (Å²) in [5.41, 5.74) is 3.35. The number of hydrogen-bond donors (Lipinski definition) is 1. The summed E-state index contributed by atoms with van der Waals surface area (Å²) < 4.78 is 25.5. The highest BCUT2D eigenvalue weighted by Gasteiger charge is 2.20. The number of rotatable bonds is 10. The van der Waals surface area contributed by atoms with Gasteiger partial charge in [0.2, 0.25) is 15.9 Å². The summed E-state index contributed by atoms with van der Waals surface area (Å²) in [7, 11) is -3.66. The molecule has 1 amide bonds. The molecule has 0 saturated heterocycles. The molecule has 0 bridgehead atoms.